The Labute approximate surface area is 151 Å². The molecule has 2 aromatic carbocycles. The molecule has 0 atom stereocenters. The highest BCUT2D eigenvalue weighted by molar-refractivity contribution is 6.00. The van der Waals surface area contributed by atoms with Gasteiger partial charge in [-0.15, -0.1) is 0 Å². The average Bonchev–Trinajstić information content (AvgIpc) is 2.65. The molecule has 2 rings (SSSR count). The number of hydrogen-bond acceptors (Lipinski definition) is 5. The maximum absolute atomic E-state index is 12.2. The van der Waals surface area contributed by atoms with Crippen molar-refractivity contribution in [1.82, 2.24) is 5.32 Å². The number of ether oxygens (including phenoxy) is 2. The van der Waals surface area contributed by atoms with Crippen molar-refractivity contribution in [2.75, 3.05) is 26.1 Å². The van der Waals surface area contributed by atoms with Crippen molar-refractivity contribution in [2.45, 2.75) is 6.92 Å². The minimum atomic E-state index is -0.427. The Morgan fingerprint density at radius 1 is 0.885 bits per heavy atom. The fourth-order valence-electron chi connectivity index (χ4n) is 2.19. The van der Waals surface area contributed by atoms with Crippen LogP contribution in [0.4, 0.5) is 5.69 Å². The van der Waals surface area contributed by atoms with Crippen LogP contribution in [0.2, 0.25) is 0 Å². The molecule has 2 aromatic rings. The SMILES string of the molecule is COc1cc(OC)cc(C(=O)NCC(=O)Nc2ccc(C(C)=O)cc2)c1. The van der Waals surface area contributed by atoms with E-state index in [2.05, 4.69) is 10.6 Å². The van der Waals surface area contributed by atoms with Crippen LogP contribution >= 0.6 is 0 Å². The van der Waals surface area contributed by atoms with Gasteiger partial charge in [-0.1, -0.05) is 0 Å². The molecule has 0 aliphatic rings. The van der Waals surface area contributed by atoms with Crippen LogP contribution in [-0.2, 0) is 4.79 Å². The summed E-state index contributed by atoms with van der Waals surface area (Å²) in [5, 5.41) is 5.18. The number of amides is 2. The van der Waals surface area contributed by atoms with E-state index >= 15 is 0 Å². The van der Waals surface area contributed by atoms with E-state index in [1.165, 1.54) is 21.1 Å². The number of hydrogen-bond donors (Lipinski definition) is 2. The third-order valence-electron chi connectivity index (χ3n) is 3.60. The standard InChI is InChI=1S/C19H20N2O5/c1-12(22)13-4-6-15(7-5-13)21-18(23)11-20-19(24)14-8-16(25-2)10-17(9-14)26-3/h4-10H,11H2,1-3H3,(H,20,24)(H,21,23). The molecule has 0 saturated heterocycles. The van der Waals surface area contributed by atoms with Crippen LogP contribution in [0, 0.1) is 0 Å². The zero-order chi connectivity index (χ0) is 19.1. The lowest BCUT2D eigenvalue weighted by Crippen LogP contribution is -2.32. The van der Waals surface area contributed by atoms with Gasteiger partial charge in [0, 0.05) is 22.9 Å². The van der Waals surface area contributed by atoms with Crippen molar-refractivity contribution >= 4 is 23.3 Å². The summed E-state index contributed by atoms with van der Waals surface area (Å²) in [7, 11) is 2.97. The third kappa shape index (κ3) is 5.07. The minimum absolute atomic E-state index is 0.0520. The molecular formula is C19H20N2O5. The van der Waals surface area contributed by atoms with Crippen molar-refractivity contribution in [1.29, 1.82) is 0 Å². The fraction of sp³-hybridized carbons (Fsp3) is 0.211. The summed E-state index contributed by atoms with van der Waals surface area (Å²) in [6.07, 6.45) is 0. The summed E-state index contributed by atoms with van der Waals surface area (Å²) >= 11 is 0. The Morgan fingerprint density at radius 3 is 1.96 bits per heavy atom. The van der Waals surface area contributed by atoms with Gasteiger partial charge >= 0.3 is 0 Å². The molecule has 26 heavy (non-hydrogen) atoms. The second-order valence-corrected chi connectivity index (χ2v) is 5.47. The number of Topliss-reactive ketones (excluding diaryl/α,β-unsaturated/α-hetero) is 1. The zero-order valence-corrected chi connectivity index (χ0v) is 14.8. The molecule has 0 unspecified atom stereocenters. The molecule has 0 aromatic heterocycles. The Kier molecular flexibility index (Phi) is 6.32. The highest BCUT2D eigenvalue weighted by Gasteiger charge is 2.11. The molecule has 0 aliphatic carbocycles. The minimum Gasteiger partial charge on any atom is -0.497 e. The Bertz CT molecular complexity index is 793. The van der Waals surface area contributed by atoms with E-state index in [1.54, 1.807) is 42.5 Å². The van der Waals surface area contributed by atoms with Gasteiger partial charge in [0.1, 0.15) is 11.5 Å². The lowest BCUT2D eigenvalue weighted by Gasteiger charge is -2.10. The molecule has 0 radical (unpaired) electrons. The smallest absolute Gasteiger partial charge is 0.251 e. The summed E-state index contributed by atoms with van der Waals surface area (Å²) in [6, 6.07) is 11.3. The number of methoxy groups -OCH3 is 2. The molecule has 0 spiro atoms. The monoisotopic (exact) mass is 356 g/mol. The fourth-order valence-corrected chi connectivity index (χ4v) is 2.19. The van der Waals surface area contributed by atoms with Gasteiger partial charge in [0.2, 0.25) is 5.91 Å². The van der Waals surface area contributed by atoms with Crippen molar-refractivity contribution in [3.05, 3.63) is 53.6 Å². The van der Waals surface area contributed by atoms with Crippen molar-refractivity contribution in [3.8, 4) is 11.5 Å². The average molecular weight is 356 g/mol. The van der Waals surface area contributed by atoms with Gasteiger partial charge in [0.05, 0.1) is 20.8 Å². The van der Waals surface area contributed by atoms with Crippen molar-refractivity contribution in [2.24, 2.45) is 0 Å². The van der Waals surface area contributed by atoms with Crippen LogP contribution in [0.5, 0.6) is 11.5 Å². The summed E-state index contributed by atoms with van der Waals surface area (Å²) < 4.78 is 10.2. The van der Waals surface area contributed by atoms with Crippen LogP contribution in [0.3, 0.4) is 0 Å². The van der Waals surface area contributed by atoms with Gasteiger partial charge in [0.15, 0.2) is 5.78 Å². The maximum Gasteiger partial charge on any atom is 0.251 e. The number of rotatable bonds is 7. The molecule has 0 aliphatic heterocycles. The molecule has 0 bridgehead atoms. The van der Waals surface area contributed by atoms with Crippen LogP contribution < -0.4 is 20.1 Å². The predicted octanol–water partition coefficient (Wildman–Crippen LogP) is 2.27. The number of carbonyl (C=O) groups excluding carboxylic acids is 3. The third-order valence-corrected chi connectivity index (χ3v) is 3.60. The van der Waals surface area contributed by atoms with Crippen LogP contribution in [0.15, 0.2) is 42.5 Å². The lowest BCUT2D eigenvalue weighted by atomic mass is 10.1. The van der Waals surface area contributed by atoms with E-state index in [0.29, 0.717) is 28.3 Å². The van der Waals surface area contributed by atoms with Gasteiger partial charge in [-0.3, -0.25) is 14.4 Å². The number of anilines is 1. The second kappa shape index (κ2) is 8.66. The van der Waals surface area contributed by atoms with Crippen molar-refractivity contribution < 1.29 is 23.9 Å². The molecule has 2 amide bonds. The topological polar surface area (TPSA) is 93.7 Å². The first kappa shape index (κ1) is 19.0. The van der Waals surface area contributed by atoms with E-state index in [1.807, 2.05) is 0 Å². The second-order valence-electron chi connectivity index (χ2n) is 5.47. The molecule has 7 heteroatoms. The Balaban J connectivity index is 1.94. The van der Waals surface area contributed by atoms with E-state index in [9.17, 15) is 14.4 Å². The van der Waals surface area contributed by atoms with E-state index in [4.69, 9.17) is 9.47 Å². The first-order chi connectivity index (χ1) is 12.4. The predicted molar refractivity (Wildman–Crippen MR) is 97.0 cm³/mol. The lowest BCUT2D eigenvalue weighted by molar-refractivity contribution is -0.115. The molecule has 0 fully saturated rings. The van der Waals surface area contributed by atoms with Gasteiger partial charge in [-0.05, 0) is 43.3 Å². The molecule has 0 saturated carbocycles. The van der Waals surface area contributed by atoms with Crippen molar-refractivity contribution in [3.63, 3.8) is 0 Å². The molecule has 2 N–H and O–H groups in total. The van der Waals surface area contributed by atoms with E-state index in [-0.39, 0.29) is 18.2 Å². The summed E-state index contributed by atoms with van der Waals surface area (Å²) in [4.78, 5) is 35.4. The highest BCUT2D eigenvalue weighted by Crippen LogP contribution is 2.22. The van der Waals surface area contributed by atoms with E-state index < -0.39 is 5.91 Å². The number of nitrogens with one attached hydrogen (secondary N) is 2. The van der Waals surface area contributed by atoms with Gasteiger partial charge < -0.3 is 20.1 Å². The largest absolute Gasteiger partial charge is 0.497 e. The molecule has 7 nitrogen and oxygen atoms in total. The molecular weight excluding hydrogens is 336 g/mol. The molecule has 136 valence electrons. The van der Waals surface area contributed by atoms with Gasteiger partial charge in [-0.25, -0.2) is 0 Å². The summed E-state index contributed by atoms with van der Waals surface area (Å²) in [6.45, 7) is 1.27. The Morgan fingerprint density at radius 2 is 1.46 bits per heavy atom. The summed E-state index contributed by atoms with van der Waals surface area (Å²) in [5.41, 5.74) is 1.42. The first-order valence-electron chi connectivity index (χ1n) is 7.85. The number of ketones is 1. The molecule has 0 heterocycles. The zero-order valence-electron chi connectivity index (χ0n) is 14.8. The quantitative estimate of drug-likeness (QED) is 0.742. The normalized spacial score (nSPS) is 9.96. The maximum atomic E-state index is 12.2. The Hall–Kier alpha value is -3.35. The number of carbonyl (C=O) groups is 3. The number of benzene rings is 2. The van der Waals surface area contributed by atoms with Crippen LogP contribution in [0.25, 0.3) is 0 Å². The van der Waals surface area contributed by atoms with Crippen LogP contribution in [-0.4, -0.2) is 38.4 Å². The summed E-state index contributed by atoms with van der Waals surface area (Å²) in [5.74, 6) is 0.0888. The van der Waals surface area contributed by atoms with E-state index in [0.717, 1.165) is 0 Å². The first-order valence-corrected chi connectivity index (χ1v) is 7.85. The van der Waals surface area contributed by atoms with Gasteiger partial charge in [-0.2, -0.15) is 0 Å². The highest BCUT2D eigenvalue weighted by atomic mass is 16.5. The van der Waals surface area contributed by atoms with Gasteiger partial charge in [0.25, 0.3) is 5.91 Å². The van der Waals surface area contributed by atoms with Crippen LogP contribution in [0.1, 0.15) is 27.6 Å².